The van der Waals surface area contributed by atoms with Crippen LogP contribution in [-0.2, 0) is 38.8 Å². The summed E-state index contributed by atoms with van der Waals surface area (Å²) in [5.74, 6) is -0.320. The first-order valence-electron chi connectivity index (χ1n) is 12.1. The summed E-state index contributed by atoms with van der Waals surface area (Å²) >= 11 is 0. The SMILES string of the molecule is CC(=O)N[C@@H](CO)[C@@H](OCc1ccccc1)[C@H](OCc1ccccc1)[C@H](O)COCc1ccccc1. The van der Waals surface area contributed by atoms with Crippen LogP contribution in [0.4, 0.5) is 0 Å². The van der Waals surface area contributed by atoms with Crippen LogP contribution in [0.15, 0.2) is 91.0 Å². The summed E-state index contributed by atoms with van der Waals surface area (Å²) < 4.78 is 18.2. The third-order valence-corrected chi connectivity index (χ3v) is 5.66. The van der Waals surface area contributed by atoms with E-state index in [1.165, 1.54) is 6.92 Å². The molecule has 0 aromatic heterocycles. The molecule has 0 aliphatic rings. The minimum Gasteiger partial charge on any atom is -0.394 e. The lowest BCUT2D eigenvalue weighted by molar-refractivity contribution is -0.161. The van der Waals surface area contributed by atoms with Crippen molar-refractivity contribution >= 4 is 5.91 Å². The molecule has 0 radical (unpaired) electrons. The lowest BCUT2D eigenvalue weighted by Gasteiger charge is -2.35. The van der Waals surface area contributed by atoms with Crippen molar-refractivity contribution in [2.75, 3.05) is 13.2 Å². The molecule has 0 heterocycles. The fraction of sp³-hybridized carbons (Fsp3) is 0.345. The molecule has 0 fully saturated rings. The van der Waals surface area contributed by atoms with Crippen LogP contribution in [0, 0.1) is 0 Å². The Balaban J connectivity index is 1.78. The van der Waals surface area contributed by atoms with Gasteiger partial charge in [-0.2, -0.15) is 0 Å². The molecule has 3 aromatic rings. The van der Waals surface area contributed by atoms with Crippen molar-refractivity contribution in [2.45, 2.75) is 51.1 Å². The molecule has 0 aliphatic heterocycles. The highest BCUT2D eigenvalue weighted by Gasteiger charge is 2.36. The quantitative estimate of drug-likeness (QED) is 0.301. The summed E-state index contributed by atoms with van der Waals surface area (Å²) in [6.07, 6.45) is -2.83. The van der Waals surface area contributed by atoms with Crippen LogP contribution in [0.3, 0.4) is 0 Å². The molecule has 3 aromatic carbocycles. The van der Waals surface area contributed by atoms with E-state index in [0.717, 1.165) is 16.7 Å². The molecule has 4 atom stereocenters. The first-order valence-corrected chi connectivity index (χ1v) is 12.1. The second-order valence-electron chi connectivity index (χ2n) is 8.58. The third kappa shape index (κ3) is 9.18. The summed E-state index contributed by atoms with van der Waals surface area (Å²) in [6.45, 7) is 1.72. The van der Waals surface area contributed by atoms with E-state index in [4.69, 9.17) is 14.2 Å². The second kappa shape index (κ2) is 15.1. The topological polar surface area (TPSA) is 97.3 Å². The van der Waals surface area contributed by atoms with Crippen molar-refractivity contribution in [3.8, 4) is 0 Å². The number of ether oxygens (including phenoxy) is 3. The molecule has 36 heavy (non-hydrogen) atoms. The van der Waals surface area contributed by atoms with Crippen LogP contribution in [-0.4, -0.2) is 53.7 Å². The molecule has 3 rings (SSSR count). The maximum Gasteiger partial charge on any atom is 0.217 e. The van der Waals surface area contributed by atoms with Crippen molar-refractivity contribution in [1.82, 2.24) is 5.32 Å². The molecule has 7 nitrogen and oxygen atoms in total. The van der Waals surface area contributed by atoms with E-state index in [1.807, 2.05) is 91.0 Å². The Hall–Kier alpha value is -3.07. The summed E-state index contributed by atoms with van der Waals surface area (Å²) in [7, 11) is 0. The molecular formula is C29H35NO6. The van der Waals surface area contributed by atoms with Crippen molar-refractivity contribution in [3.05, 3.63) is 108 Å². The zero-order valence-corrected chi connectivity index (χ0v) is 20.5. The van der Waals surface area contributed by atoms with Gasteiger partial charge >= 0.3 is 0 Å². The number of benzene rings is 3. The fourth-order valence-corrected chi connectivity index (χ4v) is 3.86. The summed E-state index contributed by atoms with van der Waals surface area (Å²) in [5.41, 5.74) is 2.82. The number of carbonyl (C=O) groups excluding carboxylic acids is 1. The van der Waals surface area contributed by atoms with Crippen LogP contribution in [0.5, 0.6) is 0 Å². The van der Waals surface area contributed by atoms with Crippen molar-refractivity contribution in [3.63, 3.8) is 0 Å². The molecule has 0 unspecified atom stereocenters. The van der Waals surface area contributed by atoms with Gasteiger partial charge in [0.25, 0.3) is 0 Å². The Morgan fingerprint density at radius 2 is 1.19 bits per heavy atom. The van der Waals surface area contributed by atoms with Crippen LogP contribution >= 0.6 is 0 Å². The average Bonchev–Trinajstić information content (AvgIpc) is 2.91. The predicted octanol–water partition coefficient (Wildman–Crippen LogP) is 3.23. The Morgan fingerprint density at radius 1 is 0.750 bits per heavy atom. The fourth-order valence-electron chi connectivity index (χ4n) is 3.86. The lowest BCUT2D eigenvalue weighted by Crippen LogP contribution is -2.56. The number of hydrogen-bond donors (Lipinski definition) is 3. The predicted molar refractivity (Wildman–Crippen MR) is 137 cm³/mol. The van der Waals surface area contributed by atoms with Crippen molar-refractivity contribution in [2.24, 2.45) is 0 Å². The maximum absolute atomic E-state index is 11.9. The first-order chi connectivity index (χ1) is 17.6. The molecule has 1 amide bonds. The summed E-state index contributed by atoms with van der Waals surface area (Å²) in [4.78, 5) is 11.9. The van der Waals surface area contributed by atoms with Crippen LogP contribution < -0.4 is 5.32 Å². The third-order valence-electron chi connectivity index (χ3n) is 5.66. The largest absolute Gasteiger partial charge is 0.394 e. The van der Waals surface area contributed by atoms with E-state index in [0.29, 0.717) is 6.61 Å². The van der Waals surface area contributed by atoms with Gasteiger partial charge in [-0.1, -0.05) is 91.0 Å². The van der Waals surface area contributed by atoms with Gasteiger partial charge in [0, 0.05) is 6.92 Å². The molecule has 3 N–H and O–H groups in total. The standard InChI is InChI=1S/C29H35NO6/c1-22(32)30-26(17-31)28(35-19-24-13-7-3-8-14-24)29(36-20-25-15-9-4-10-16-25)27(33)21-34-18-23-11-5-2-6-12-23/h2-16,26-29,31,33H,17-21H2,1H3,(H,30,32)/t26-,27+,28+,29+/m0/s1. The first kappa shape index (κ1) is 27.5. The zero-order valence-electron chi connectivity index (χ0n) is 20.5. The minimum absolute atomic E-state index is 0.0161. The van der Waals surface area contributed by atoms with Gasteiger partial charge in [-0.25, -0.2) is 0 Å². The van der Waals surface area contributed by atoms with Gasteiger partial charge in [0.05, 0.1) is 39.1 Å². The zero-order chi connectivity index (χ0) is 25.6. The molecule has 0 bridgehead atoms. The van der Waals surface area contributed by atoms with E-state index in [-0.39, 0.29) is 32.3 Å². The van der Waals surface area contributed by atoms with E-state index < -0.39 is 24.4 Å². The Morgan fingerprint density at radius 3 is 1.64 bits per heavy atom. The van der Waals surface area contributed by atoms with Gasteiger partial charge in [-0.3, -0.25) is 4.79 Å². The molecule has 192 valence electrons. The van der Waals surface area contributed by atoms with Gasteiger partial charge in [0.1, 0.15) is 18.3 Å². The number of carbonyl (C=O) groups is 1. The highest BCUT2D eigenvalue weighted by Crippen LogP contribution is 2.19. The number of amides is 1. The van der Waals surface area contributed by atoms with Gasteiger partial charge in [0.2, 0.25) is 5.91 Å². The van der Waals surface area contributed by atoms with Gasteiger partial charge in [-0.05, 0) is 16.7 Å². The minimum atomic E-state index is -1.08. The van der Waals surface area contributed by atoms with Gasteiger partial charge in [-0.15, -0.1) is 0 Å². The number of aliphatic hydroxyl groups excluding tert-OH is 2. The highest BCUT2D eigenvalue weighted by molar-refractivity contribution is 5.73. The Bertz CT molecular complexity index is 1000. The molecule has 7 heteroatoms. The highest BCUT2D eigenvalue weighted by atomic mass is 16.6. The normalized spacial score (nSPS) is 14.5. The van der Waals surface area contributed by atoms with Crippen LogP contribution in [0.25, 0.3) is 0 Å². The number of rotatable bonds is 15. The summed E-state index contributed by atoms with van der Waals surface area (Å²) in [5, 5.41) is 24.0. The molecule has 0 saturated carbocycles. The van der Waals surface area contributed by atoms with Crippen LogP contribution in [0.1, 0.15) is 23.6 Å². The Kier molecular flexibility index (Phi) is 11.6. The molecule has 0 aliphatic carbocycles. The van der Waals surface area contributed by atoms with E-state index in [1.54, 1.807) is 0 Å². The van der Waals surface area contributed by atoms with E-state index in [2.05, 4.69) is 5.32 Å². The van der Waals surface area contributed by atoms with Crippen LogP contribution in [0.2, 0.25) is 0 Å². The molecular weight excluding hydrogens is 458 g/mol. The van der Waals surface area contributed by atoms with Gasteiger partial charge < -0.3 is 29.7 Å². The number of aliphatic hydroxyl groups is 2. The molecule has 0 spiro atoms. The smallest absolute Gasteiger partial charge is 0.217 e. The lowest BCUT2D eigenvalue weighted by atomic mass is 10.0. The number of hydrogen-bond acceptors (Lipinski definition) is 6. The number of nitrogens with one attached hydrogen (secondary N) is 1. The van der Waals surface area contributed by atoms with E-state index in [9.17, 15) is 15.0 Å². The maximum atomic E-state index is 11.9. The molecule has 0 saturated heterocycles. The van der Waals surface area contributed by atoms with Crippen molar-refractivity contribution in [1.29, 1.82) is 0 Å². The van der Waals surface area contributed by atoms with E-state index >= 15 is 0 Å². The monoisotopic (exact) mass is 493 g/mol. The average molecular weight is 494 g/mol. The second-order valence-corrected chi connectivity index (χ2v) is 8.58. The Labute approximate surface area is 212 Å². The van der Waals surface area contributed by atoms with Crippen molar-refractivity contribution < 1.29 is 29.2 Å². The van der Waals surface area contributed by atoms with Gasteiger partial charge in [0.15, 0.2) is 0 Å². The summed E-state index contributed by atoms with van der Waals surface area (Å²) in [6, 6.07) is 28.0.